The normalized spacial score (nSPS) is 16.6. The number of carbonyl (C=O) groups is 2. The molecule has 0 aliphatic carbocycles. The van der Waals surface area contributed by atoms with Gasteiger partial charge in [-0.1, -0.05) is 31.5 Å². The first-order valence-corrected chi connectivity index (χ1v) is 11.1. The summed E-state index contributed by atoms with van der Waals surface area (Å²) < 4.78 is 5.91. The minimum absolute atomic E-state index is 0.00492. The molecule has 1 saturated heterocycles. The molecule has 164 valence electrons. The van der Waals surface area contributed by atoms with Gasteiger partial charge in [-0.05, 0) is 37.1 Å². The molecule has 2 aliphatic heterocycles. The maximum absolute atomic E-state index is 13.1. The molecule has 8 heteroatoms. The summed E-state index contributed by atoms with van der Waals surface area (Å²) in [4.78, 5) is 33.5. The van der Waals surface area contributed by atoms with E-state index in [2.05, 4.69) is 10.3 Å². The van der Waals surface area contributed by atoms with E-state index in [-0.39, 0.29) is 23.8 Å². The number of fused-ring (bicyclic) bond motifs is 1. The lowest BCUT2D eigenvalue weighted by Gasteiger charge is -2.34. The van der Waals surface area contributed by atoms with Crippen LogP contribution in [0, 0.1) is 5.92 Å². The first-order chi connectivity index (χ1) is 15.0. The molecule has 0 spiro atoms. The molecule has 2 aromatic rings. The Labute approximate surface area is 187 Å². The standard InChI is InChI=1S/C23H27ClN4O3/c1-15(2)23(30)27-11-8-16(9-12-27)26-22(29)17-5-3-7-19-20(17)31-14-13-28(19)21-18(24)6-4-10-25-21/h3-7,10,15-16H,8-9,11-14H2,1-2H3,(H,26,29). The van der Waals surface area contributed by atoms with Crippen molar-refractivity contribution in [2.45, 2.75) is 32.7 Å². The molecule has 0 radical (unpaired) electrons. The lowest BCUT2D eigenvalue weighted by atomic mass is 10.0. The van der Waals surface area contributed by atoms with Crippen LogP contribution in [-0.2, 0) is 4.79 Å². The summed E-state index contributed by atoms with van der Waals surface area (Å²) in [5.41, 5.74) is 1.27. The van der Waals surface area contributed by atoms with Gasteiger partial charge in [-0.3, -0.25) is 9.59 Å². The summed E-state index contributed by atoms with van der Waals surface area (Å²) in [5, 5.41) is 3.67. The molecule has 0 bridgehead atoms. The maximum Gasteiger partial charge on any atom is 0.255 e. The van der Waals surface area contributed by atoms with Gasteiger partial charge in [0, 0.05) is 31.2 Å². The summed E-state index contributed by atoms with van der Waals surface area (Å²) in [6, 6.07) is 9.14. The van der Waals surface area contributed by atoms with Crippen molar-refractivity contribution >= 4 is 34.9 Å². The Bertz CT molecular complexity index is 973. The fourth-order valence-corrected chi connectivity index (χ4v) is 4.32. The molecule has 1 fully saturated rings. The number of amides is 2. The van der Waals surface area contributed by atoms with Crippen LogP contribution < -0.4 is 15.0 Å². The van der Waals surface area contributed by atoms with Gasteiger partial charge in [-0.15, -0.1) is 0 Å². The van der Waals surface area contributed by atoms with Gasteiger partial charge in [0.25, 0.3) is 5.91 Å². The monoisotopic (exact) mass is 442 g/mol. The van der Waals surface area contributed by atoms with E-state index < -0.39 is 0 Å². The Hall–Kier alpha value is -2.80. The molecular weight excluding hydrogens is 416 g/mol. The summed E-state index contributed by atoms with van der Waals surface area (Å²) in [7, 11) is 0. The van der Waals surface area contributed by atoms with Crippen LogP contribution in [-0.4, -0.2) is 54.0 Å². The highest BCUT2D eigenvalue weighted by Gasteiger charge is 2.29. The lowest BCUT2D eigenvalue weighted by Crippen LogP contribution is -2.47. The van der Waals surface area contributed by atoms with Crippen LogP contribution >= 0.6 is 11.6 Å². The number of hydrogen-bond acceptors (Lipinski definition) is 5. The number of anilines is 2. The zero-order chi connectivity index (χ0) is 22.0. The summed E-state index contributed by atoms with van der Waals surface area (Å²) in [6.45, 7) is 6.18. The highest BCUT2D eigenvalue weighted by molar-refractivity contribution is 6.33. The predicted octanol–water partition coefficient (Wildman–Crippen LogP) is 3.64. The van der Waals surface area contributed by atoms with E-state index in [0.29, 0.717) is 48.4 Å². The van der Waals surface area contributed by atoms with Gasteiger partial charge in [0.2, 0.25) is 5.91 Å². The second kappa shape index (κ2) is 9.14. The van der Waals surface area contributed by atoms with Crippen LogP contribution in [0.15, 0.2) is 36.5 Å². The number of benzene rings is 1. The summed E-state index contributed by atoms with van der Waals surface area (Å²) in [5.74, 6) is 1.19. The van der Waals surface area contributed by atoms with Crippen LogP contribution in [0.3, 0.4) is 0 Å². The number of carbonyl (C=O) groups excluding carboxylic acids is 2. The number of para-hydroxylation sites is 1. The largest absolute Gasteiger partial charge is 0.489 e. The average Bonchev–Trinajstić information content (AvgIpc) is 2.78. The molecule has 7 nitrogen and oxygen atoms in total. The minimum atomic E-state index is -0.167. The van der Waals surface area contributed by atoms with E-state index in [1.807, 2.05) is 35.8 Å². The van der Waals surface area contributed by atoms with Crippen molar-refractivity contribution in [3.05, 3.63) is 47.1 Å². The van der Waals surface area contributed by atoms with Crippen molar-refractivity contribution in [3.8, 4) is 5.75 Å². The molecule has 1 aromatic carbocycles. The van der Waals surface area contributed by atoms with Crippen molar-refractivity contribution in [3.63, 3.8) is 0 Å². The molecule has 31 heavy (non-hydrogen) atoms. The van der Waals surface area contributed by atoms with Gasteiger partial charge in [0.05, 0.1) is 22.8 Å². The number of nitrogens with zero attached hydrogens (tertiary/aromatic N) is 3. The van der Waals surface area contributed by atoms with Crippen molar-refractivity contribution in [1.82, 2.24) is 15.2 Å². The fourth-order valence-electron chi connectivity index (χ4n) is 4.10. The number of ether oxygens (including phenoxy) is 1. The number of pyridine rings is 1. The highest BCUT2D eigenvalue weighted by Crippen LogP contribution is 2.40. The van der Waals surface area contributed by atoms with Gasteiger partial charge >= 0.3 is 0 Å². The first kappa shape index (κ1) is 21.4. The van der Waals surface area contributed by atoms with Gasteiger partial charge < -0.3 is 19.9 Å². The van der Waals surface area contributed by atoms with E-state index in [4.69, 9.17) is 16.3 Å². The molecule has 2 amide bonds. The fraction of sp³-hybridized carbons (Fsp3) is 0.435. The quantitative estimate of drug-likeness (QED) is 0.782. The molecule has 2 aliphatic rings. The zero-order valence-electron chi connectivity index (χ0n) is 17.8. The smallest absolute Gasteiger partial charge is 0.255 e. The van der Waals surface area contributed by atoms with Gasteiger partial charge in [0.15, 0.2) is 11.6 Å². The number of aromatic nitrogens is 1. The number of halogens is 1. The Kier molecular flexibility index (Phi) is 6.32. The first-order valence-electron chi connectivity index (χ1n) is 10.7. The van der Waals surface area contributed by atoms with Gasteiger partial charge in [-0.25, -0.2) is 4.98 Å². The second-order valence-corrected chi connectivity index (χ2v) is 8.60. The number of hydrogen-bond donors (Lipinski definition) is 1. The molecule has 0 saturated carbocycles. The van der Waals surface area contributed by atoms with Crippen LogP contribution in [0.2, 0.25) is 5.02 Å². The molecule has 1 N–H and O–H groups in total. The molecule has 4 rings (SSSR count). The summed E-state index contributed by atoms with van der Waals surface area (Å²) >= 11 is 6.36. The van der Waals surface area contributed by atoms with Gasteiger partial charge in [-0.2, -0.15) is 0 Å². The Balaban J connectivity index is 1.49. The third kappa shape index (κ3) is 4.46. The SMILES string of the molecule is CC(C)C(=O)N1CCC(NC(=O)c2cccc3c2OCCN3c2ncccc2Cl)CC1. The maximum atomic E-state index is 13.1. The van der Waals surface area contributed by atoms with Crippen molar-refractivity contribution < 1.29 is 14.3 Å². The van der Waals surface area contributed by atoms with E-state index in [1.54, 1.807) is 24.4 Å². The molecule has 0 unspecified atom stereocenters. The number of likely N-dealkylation sites (tertiary alicyclic amines) is 1. The Morgan fingerprint density at radius 2 is 1.94 bits per heavy atom. The van der Waals surface area contributed by atoms with E-state index >= 15 is 0 Å². The Morgan fingerprint density at radius 1 is 1.16 bits per heavy atom. The predicted molar refractivity (Wildman–Crippen MR) is 120 cm³/mol. The van der Waals surface area contributed by atoms with Crippen molar-refractivity contribution in [2.24, 2.45) is 5.92 Å². The minimum Gasteiger partial charge on any atom is -0.489 e. The van der Waals surface area contributed by atoms with Gasteiger partial charge in [0.1, 0.15) is 6.61 Å². The van der Waals surface area contributed by atoms with Crippen LogP contribution in [0.25, 0.3) is 0 Å². The molecule has 1 aromatic heterocycles. The highest BCUT2D eigenvalue weighted by atomic mass is 35.5. The summed E-state index contributed by atoms with van der Waals surface area (Å²) in [6.07, 6.45) is 3.19. The zero-order valence-corrected chi connectivity index (χ0v) is 18.6. The van der Waals surface area contributed by atoms with Crippen molar-refractivity contribution in [2.75, 3.05) is 31.1 Å². The molecule has 0 atom stereocenters. The molecule has 3 heterocycles. The third-order valence-corrected chi connectivity index (χ3v) is 6.02. The number of piperidine rings is 1. The van der Waals surface area contributed by atoms with Crippen molar-refractivity contribution in [1.29, 1.82) is 0 Å². The van der Waals surface area contributed by atoms with E-state index in [0.717, 1.165) is 18.5 Å². The lowest BCUT2D eigenvalue weighted by molar-refractivity contribution is -0.135. The second-order valence-electron chi connectivity index (χ2n) is 8.19. The van der Waals surface area contributed by atoms with Crippen LogP contribution in [0.5, 0.6) is 5.75 Å². The Morgan fingerprint density at radius 3 is 2.65 bits per heavy atom. The van der Waals surface area contributed by atoms with Crippen LogP contribution in [0.4, 0.5) is 11.5 Å². The topological polar surface area (TPSA) is 74.8 Å². The number of nitrogens with one attached hydrogen (secondary N) is 1. The molecular formula is C23H27ClN4O3. The van der Waals surface area contributed by atoms with E-state index in [1.165, 1.54) is 0 Å². The average molecular weight is 443 g/mol. The third-order valence-electron chi connectivity index (χ3n) is 5.72. The number of rotatable bonds is 4. The van der Waals surface area contributed by atoms with Crippen LogP contribution in [0.1, 0.15) is 37.0 Å². The van der Waals surface area contributed by atoms with E-state index in [9.17, 15) is 9.59 Å².